The molecule has 0 spiro atoms. The van der Waals surface area contributed by atoms with Gasteiger partial charge in [0, 0.05) is 13.1 Å². The highest BCUT2D eigenvalue weighted by molar-refractivity contribution is 5.76. The molecule has 0 radical (unpaired) electrons. The first-order valence-corrected chi connectivity index (χ1v) is 6.53. The Bertz CT molecular complexity index is 638. The van der Waals surface area contributed by atoms with Gasteiger partial charge >= 0.3 is 0 Å². The summed E-state index contributed by atoms with van der Waals surface area (Å²) in [6.45, 7) is 3.09. The lowest BCUT2D eigenvalue weighted by atomic mass is 10.1. The lowest BCUT2D eigenvalue weighted by molar-refractivity contribution is 0.237. The van der Waals surface area contributed by atoms with Crippen LogP contribution in [0, 0.1) is 5.92 Å². The molecule has 0 aliphatic carbocycles. The van der Waals surface area contributed by atoms with E-state index in [-0.39, 0.29) is 5.56 Å². The van der Waals surface area contributed by atoms with Crippen LogP contribution in [0.3, 0.4) is 0 Å². The van der Waals surface area contributed by atoms with Crippen molar-refractivity contribution in [2.45, 2.75) is 13.1 Å². The zero-order valence-electron chi connectivity index (χ0n) is 10.7. The van der Waals surface area contributed by atoms with Gasteiger partial charge in [0.05, 0.1) is 12.1 Å². The van der Waals surface area contributed by atoms with E-state index in [1.54, 1.807) is 12.1 Å². The molecular formula is C13H17N5O. The number of rotatable bonds is 3. The zero-order valence-corrected chi connectivity index (χ0v) is 10.7. The second kappa shape index (κ2) is 5.07. The normalized spacial score (nSPS) is 20.2. The molecule has 1 aromatic carbocycles. The lowest BCUT2D eigenvalue weighted by Gasteiger charge is -2.15. The van der Waals surface area contributed by atoms with Gasteiger partial charge in [0.2, 0.25) is 0 Å². The Morgan fingerprint density at radius 2 is 2.21 bits per heavy atom. The molecule has 2 aromatic rings. The van der Waals surface area contributed by atoms with Crippen LogP contribution in [0.15, 0.2) is 29.1 Å². The molecule has 3 rings (SSSR count). The first-order valence-electron chi connectivity index (χ1n) is 6.53. The summed E-state index contributed by atoms with van der Waals surface area (Å²) in [5.41, 5.74) is 6.23. The Morgan fingerprint density at radius 1 is 1.37 bits per heavy atom. The molecule has 19 heavy (non-hydrogen) atoms. The Labute approximate surface area is 110 Å². The molecule has 6 heteroatoms. The summed E-state index contributed by atoms with van der Waals surface area (Å²) in [5.74, 6) is 0.532. The zero-order chi connectivity index (χ0) is 13.2. The lowest BCUT2D eigenvalue weighted by Crippen LogP contribution is -2.33. The highest BCUT2D eigenvalue weighted by Crippen LogP contribution is 2.14. The van der Waals surface area contributed by atoms with Crippen LogP contribution in [0.1, 0.15) is 6.42 Å². The molecule has 1 aliphatic rings. The SMILES string of the molecule is NCC1CCN(Cn2nnc3ccccc3c2=O)C1. The van der Waals surface area contributed by atoms with Crippen molar-refractivity contribution in [2.75, 3.05) is 19.6 Å². The molecule has 100 valence electrons. The Kier molecular flexibility index (Phi) is 3.27. The van der Waals surface area contributed by atoms with Crippen molar-refractivity contribution in [3.63, 3.8) is 0 Å². The molecule has 1 atom stereocenters. The molecule has 1 saturated heterocycles. The predicted octanol–water partition coefficient (Wildman–Crippen LogP) is 0.0296. The molecule has 0 amide bonds. The van der Waals surface area contributed by atoms with Gasteiger partial charge in [-0.15, -0.1) is 5.10 Å². The average molecular weight is 259 g/mol. The first-order chi connectivity index (χ1) is 9.28. The fourth-order valence-corrected chi connectivity index (χ4v) is 2.54. The monoisotopic (exact) mass is 259 g/mol. The third-order valence-corrected chi connectivity index (χ3v) is 3.67. The van der Waals surface area contributed by atoms with Gasteiger partial charge in [-0.25, -0.2) is 0 Å². The summed E-state index contributed by atoms with van der Waals surface area (Å²) >= 11 is 0. The number of fused-ring (bicyclic) bond motifs is 1. The third-order valence-electron chi connectivity index (χ3n) is 3.67. The van der Waals surface area contributed by atoms with Crippen molar-refractivity contribution < 1.29 is 0 Å². The van der Waals surface area contributed by atoms with E-state index in [1.807, 2.05) is 12.1 Å². The fraction of sp³-hybridized carbons (Fsp3) is 0.462. The van der Waals surface area contributed by atoms with Crippen LogP contribution >= 0.6 is 0 Å². The van der Waals surface area contributed by atoms with Crippen LogP contribution in [-0.2, 0) is 6.67 Å². The van der Waals surface area contributed by atoms with Gasteiger partial charge in [-0.3, -0.25) is 9.69 Å². The van der Waals surface area contributed by atoms with Gasteiger partial charge in [-0.1, -0.05) is 17.3 Å². The largest absolute Gasteiger partial charge is 0.330 e. The maximum Gasteiger partial charge on any atom is 0.278 e. The number of benzene rings is 1. The molecule has 2 heterocycles. The van der Waals surface area contributed by atoms with Crippen molar-refractivity contribution in [1.82, 2.24) is 19.9 Å². The number of hydrogen-bond donors (Lipinski definition) is 1. The van der Waals surface area contributed by atoms with E-state index in [0.717, 1.165) is 19.5 Å². The number of likely N-dealkylation sites (tertiary alicyclic amines) is 1. The fourth-order valence-electron chi connectivity index (χ4n) is 2.54. The molecule has 6 nitrogen and oxygen atoms in total. The first kappa shape index (κ1) is 12.3. The van der Waals surface area contributed by atoms with Gasteiger partial charge in [-0.05, 0) is 31.0 Å². The van der Waals surface area contributed by atoms with Gasteiger partial charge < -0.3 is 5.73 Å². The predicted molar refractivity (Wildman–Crippen MR) is 72.5 cm³/mol. The van der Waals surface area contributed by atoms with Crippen molar-refractivity contribution >= 4 is 10.9 Å². The number of nitrogens with zero attached hydrogens (tertiary/aromatic N) is 4. The standard InChI is InChI=1S/C13H17N5O/c14-7-10-5-6-17(8-10)9-18-13(19)11-3-1-2-4-12(11)15-16-18/h1-4,10H,5-9,14H2. The molecule has 0 saturated carbocycles. The van der Waals surface area contributed by atoms with Gasteiger partial charge in [0.15, 0.2) is 0 Å². The van der Waals surface area contributed by atoms with Crippen LogP contribution in [-0.4, -0.2) is 39.5 Å². The summed E-state index contributed by atoms with van der Waals surface area (Å²) in [6.07, 6.45) is 1.09. The van der Waals surface area contributed by atoms with Crippen LogP contribution in [0.25, 0.3) is 10.9 Å². The summed E-state index contributed by atoms with van der Waals surface area (Å²) in [6, 6.07) is 7.28. The van der Waals surface area contributed by atoms with E-state index < -0.39 is 0 Å². The second-order valence-corrected chi connectivity index (χ2v) is 5.02. The number of aromatic nitrogens is 3. The smallest absolute Gasteiger partial charge is 0.278 e. The van der Waals surface area contributed by atoms with E-state index in [2.05, 4.69) is 15.2 Å². The highest BCUT2D eigenvalue weighted by Gasteiger charge is 2.21. The minimum atomic E-state index is -0.0817. The van der Waals surface area contributed by atoms with Gasteiger partial charge in [0.25, 0.3) is 5.56 Å². The minimum absolute atomic E-state index is 0.0817. The molecule has 0 bridgehead atoms. The topological polar surface area (TPSA) is 77.0 Å². The van der Waals surface area contributed by atoms with Crippen molar-refractivity contribution in [3.8, 4) is 0 Å². The van der Waals surface area contributed by atoms with Gasteiger partial charge in [-0.2, -0.15) is 4.68 Å². The molecular weight excluding hydrogens is 242 g/mol. The second-order valence-electron chi connectivity index (χ2n) is 5.02. The van der Waals surface area contributed by atoms with E-state index in [0.29, 0.717) is 30.0 Å². The summed E-state index contributed by atoms with van der Waals surface area (Å²) in [4.78, 5) is 14.5. The van der Waals surface area contributed by atoms with Crippen molar-refractivity contribution in [3.05, 3.63) is 34.6 Å². The van der Waals surface area contributed by atoms with E-state index in [4.69, 9.17) is 5.73 Å². The highest BCUT2D eigenvalue weighted by atomic mass is 16.1. The average Bonchev–Trinajstić information content (AvgIpc) is 2.90. The Morgan fingerprint density at radius 3 is 3.00 bits per heavy atom. The summed E-state index contributed by atoms with van der Waals surface area (Å²) in [5, 5.41) is 8.70. The Hall–Kier alpha value is -1.79. The summed E-state index contributed by atoms with van der Waals surface area (Å²) in [7, 11) is 0. The van der Waals surface area contributed by atoms with Crippen molar-refractivity contribution in [1.29, 1.82) is 0 Å². The van der Waals surface area contributed by atoms with Crippen LogP contribution in [0.2, 0.25) is 0 Å². The maximum atomic E-state index is 12.3. The van der Waals surface area contributed by atoms with E-state index >= 15 is 0 Å². The maximum absolute atomic E-state index is 12.3. The minimum Gasteiger partial charge on any atom is -0.330 e. The van der Waals surface area contributed by atoms with Crippen LogP contribution < -0.4 is 11.3 Å². The van der Waals surface area contributed by atoms with E-state index in [1.165, 1.54) is 4.68 Å². The molecule has 1 aliphatic heterocycles. The molecule has 1 fully saturated rings. The molecule has 2 N–H and O–H groups in total. The quantitative estimate of drug-likeness (QED) is 0.841. The van der Waals surface area contributed by atoms with Gasteiger partial charge in [0.1, 0.15) is 5.52 Å². The Balaban J connectivity index is 1.86. The van der Waals surface area contributed by atoms with Crippen LogP contribution in [0.5, 0.6) is 0 Å². The molecule has 1 aromatic heterocycles. The third kappa shape index (κ3) is 2.36. The van der Waals surface area contributed by atoms with Crippen molar-refractivity contribution in [2.24, 2.45) is 11.7 Å². The number of hydrogen-bond acceptors (Lipinski definition) is 5. The number of nitrogens with two attached hydrogens (primary N) is 1. The van der Waals surface area contributed by atoms with Crippen LogP contribution in [0.4, 0.5) is 0 Å². The van der Waals surface area contributed by atoms with E-state index in [9.17, 15) is 4.79 Å². The molecule has 1 unspecified atom stereocenters. The summed E-state index contributed by atoms with van der Waals surface area (Å²) < 4.78 is 1.43.